The van der Waals surface area contributed by atoms with Crippen LogP contribution in [0.2, 0.25) is 0 Å². The zero-order valence-electron chi connectivity index (χ0n) is 16.3. The second kappa shape index (κ2) is 7.84. The third kappa shape index (κ3) is 3.67. The van der Waals surface area contributed by atoms with E-state index in [0.29, 0.717) is 10.6 Å². The normalized spacial score (nSPS) is 15.6. The average molecular weight is 514 g/mol. The second-order valence-electron chi connectivity index (χ2n) is 6.95. The van der Waals surface area contributed by atoms with Crippen molar-refractivity contribution in [3.63, 3.8) is 0 Å². The van der Waals surface area contributed by atoms with E-state index < -0.39 is 0 Å². The van der Waals surface area contributed by atoms with Crippen LogP contribution in [0, 0.1) is 24.3 Å². The summed E-state index contributed by atoms with van der Waals surface area (Å²) in [5, 5.41) is -0.269. The van der Waals surface area contributed by atoms with Crippen LogP contribution in [-0.4, -0.2) is 15.7 Å². The number of hydrogen-bond acceptors (Lipinski definition) is 3. The molecule has 4 nitrogen and oxygen atoms in total. The fraction of sp³-hybridized carbons (Fsp3) is 0.130. The third-order valence-corrected chi connectivity index (χ3v) is 7.04. The van der Waals surface area contributed by atoms with Crippen LogP contribution in [0.25, 0.3) is 11.8 Å². The largest absolute Gasteiger partial charge is 0.318 e. The molecule has 146 valence electrons. The van der Waals surface area contributed by atoms with Gasteiger partial charge in [-0.15, -0.1) is 0 Å². The van der Waals surface area contributed by atoms with Gasteiger partial charge in [0, 0.05) is 20.6 Å². The summed E-state index contributed by atoms with van der Waals surface area (Å²) < 4.78 is 3.40. The molecule has 0 radical (unpaired) electrons. The van der Waals surface area contributed by atoms with E-state index in [4.69, 9.17) is 0 Å². The Kier molecular flexibility index (Phi) is 5.40. The number of rotatable bonds is 3. The molecule has 3 aromatic rings. The Balaban J connectivity index is 1.71. The summed E-state index contributed by atoms with van der Waals surface area (Å²) in [5.41, 5.74) is 5.97. The zero-order valence-corrected chi connectivity index (χ0v) is 19.2. The highest BCUT2D eigenvalue weighted by molar-refractivity contribution is 14.1. The van der Waals surface area contributed by atoms with Crippen molar-refractivity contribution in [3.8, 4) is 5.69 Å². The van der Waals surface area contributed by atoms with E-state index in [-0.39, 0.29) is 11.1 Å². The highest BCUT2D eigenvalue weighted by Crippen LogP contribution is 2.36. The minimum atomic E-state index is -0.277. The summed E-state index contributed by atoms with van der Waals surface area (Å²) in [6.07, 6.45) is 1.83. The number of carbonyl (C=O) groups is 2. The van der Waals surface area contributed by atoms with Crippen LogP contribution < -0.4 is 4.90 Å². The second-order valence-corrected chi connectivity index (χ2v) is 9.10. The number of para-hydroxylation sites is 1. The molecule has 0 aliphatic carbocycles. The fourth-order valence-electron chi connectivity index (χ4n) is 3.51. The van der Waals surface area contributed by atoms with Crippen molar-refractivity contribution >= 4 is 57.3 Å². The van der Waals surface area contributed by atoms with Gasteiger partial charge in [0.2, 0.25) is 0 Å². The van der Waals surface area contributed by atoms with Gasteiger partial charge in [0.1, 0.15) is 0 Å². The lowest BCUT2D eigenvalue weighted by Gasteiger charge is -2.12. The number of imide groups is 1. The van der Waals surface area contributed by atoms with Gasteiger partial charge in [0.15, 0.2) is 0 Å². The smallest absolute Gasteiger partial charge is 0.298 e. The summed E-state index contributed by atoms with van der Waals surface area (Å²) in [6.45, 7) is 6.18. The van der Waals surface area contributed by atoms with E-state index in [9.17, 15) is 9.59 Å². The summed E-state index contributed by atoms with van der Waals surface area (Å²) in [4.78, 5) is 27.0. The van der Waals surface area contributed by atoms with Crippen molar-refractivity contribution in [1.82, 2.24) is 4.57 Å². The van der Waals surface area contributed by atoms with E-state index >= 15 is 0 Å². The van der Waals surface area contributed by atoms with Gasteiger partial charge in [-0.25, -0.2) is 4.90 Å². The molecule has 0 saturated carbocycles. The lowest BCUT2D eigenvalue weighted by Crippen LogP contribution is -2.27. The van der Waals surface area contributed by atoms with Crippen LogP contribution in [0.15, 0.2) is 59.5 Å². The number of nitrogens with zero attached hydrogens (tertiary/aromatic N) is 2. The number of halogens is 1. The molecule has 4 rings (SSSR count). The van der Waals surface area contributed by atoms with Gasteiger partial charge in [-0.3, -0.25) is 9.59 Å². The average Bonchev–Trinajstić information content (AvgIpc) is 3.13. The molecule has 1 aliphatic rings. The number of aryl methyl sites for hydroxylation is 2. The highest BCUT2D eigenvalue weighted by atomic mass is 127. The van der Waals surface area contributed by atoms with E-state index in [0.717, 1.165) is 34.4 Å². The van der Waals surface area contributed by atoms with Gasteiger partial charge in [-0.05, 0) is 109 Å². The first-order chi connectivity index (χ1) is 13.9. The van der Waals surface area contributed by atoms with Crippen molar-refractivity contribution < 1.29 is 9.59 Å². The molecule has 29 heavy (non-hydrogen) atoms. The van der Waals surface area contributed by atoms with Gasteiger partial charge < -0.3 is 4.57 Å². The van der Waals surface area contributed by atoms with Gasteiger partial charge in [0.25, 0.3) is 11.1 Å². The molecular weight excluding hydrogens is 495 g/mol. The molecule has 0 N–H and O–H groups in total. The molecule has 0 unspecified atom stereocenters. The predicted molar refractivity (Wildman–Crippen MR) is 128 cm³/mol. The fourth-order valence-corrected chi connectivity index (χ4v) is 4.68. The molecule has 1 aromatic heterocycles. The lowest BCUT2D eigenvalue weighted by molar-refractivity contribution is -0.113. The number of aromatic nitrogens is 1. The van der Waals surface area contributed by atoms with E-state index in [2.05, 4.69) is 58.3 Å². The van der Waals surface area contributed by atoms with Crippen molar-refractivity contribution in [2.75, 3.05) is 4.90 Å². The van der Waals surface area contributed by atoms with Gasteiger partial charge >= 0.3 is 0 Å². The Morgan fingerprint density at radius 2 is 1.66 bits per heavy atom. The summed E-state index contributed by atoms with van der Waals surface area (Å²) in [6, 6.07) is 17.5. The number of amides is 2. The maximum absolute atomic E-state index is 12.9. The molecule has 2 amide bonds. The molecule has 2 aromatic carbocycles. The number of anilines is 1. The Bertz CT molecular complexity index is 1170. The van der Waals surface area contributed by atoms with Gasteiger partial charge in [-0.2, -0.15) is 0 Å². The van der Waals surface area contributed by atoms with Gasteiger partial charge in [-0.1, -0.05) is 18.2 Å². The molecule has 1 aliphatic heterocycles. The third-order valence-electron chi connectivity index (χ3n) is 4.96. The van der Waals surface area contributed by atoms with Crippen LogP contribution in [0.1, 0.15) is 22.5 Å². The Morgan fingerprint density at radius 1 is 0.931 bits per heavy atom. The number of carbonyl (C=O) groups excluding carboxylic acids is 2. The maximum Gasteiger partial charge on any atom is 0.298 e. The minimum Gasteiger partial charge on any atom is -0.318 e. The van der Waals surface area contributed by atoms with Crippen molar-refractivity contribution in [2.45, 2.75) is 20.8 Å². The van der Waals surface area contributed by atoms with Crippen molar-refractivity contribution in [2.24, 2.45) is 0 Å². The van der Waals surface area contributed by atoms with Crippen molar-refractivity contribution in [1.29, 1.82) is 0 Å². The lowest BCUT2D eigenvalue weighted by atomic mass is 10.2. The molecule has 0 atom stereocenters. The molecule has 0 bridgehead atoms. The number of benzene rings is 2. The van der Waals surface area contributed by atoms with Crippen LogP contribution >= 0.6 is 34.4 Å². The first kappa shape index (κ1) is 20.0. The highest BCUT2D eigenvalue weighted by Gasteiger charge is 2.36. The Labute approximate surface area is 187 Å². The summed E-state index contributed by atoms with van der Waals surface area (Å²) in [5.74, 6) is -0.277. The topological polar surface area (TPSA) is 42.3 Å². The standard InChI is InChI=1S/C23H19IN2O2S/c1-14-11-19(9-10-20(14)24)25-15(2)12-17(16(25)3)13-21-22(27)26(23(28)29-21)18-7-5-4-6-8-18/h4-13H,1-3H3. The van der Waals surface area contributed by atoms with E-state index in [1.807, 2.05) is 38.1 Å². The van der Waals surface area contributed by atoms with E-state index in [1.54, 1.807) is 12.1 Å². The summed E-state index contributed by atoms with van der Waals surface area (Å²) in [7, 11) is 0. The van der Waals surface area contributed by atoms with Crippen LogP contribution in [0.5, 0.6) is 0 Å². The van der Waals surface area contributed by atoms with Crippen LogP contribution in [0.3, 0.4) is 0 Å². The SMILES string of the molecule is Cc1cc(-n2c(C)cc(C=C3SC(=O)N(c4ccccc4)C3=O)c2C)ccc1I. The van der Waals surface area contributed by atoms with Crippen LogP contribution in [-0.2, 0) is 4.79 Å². The molecule has 0 spiro atoms. The monoisotopic (exact) mass is 514 g/mol. The molecular formula is C23H19IN2O2S. The molecule has 1 saturated heterocycles. The minimum absolute atomic E-state index is 0.269. The van der Waals surface area contributed by atoms with Gasteiger partial charge in [0.05, 0.1) is 10.6 Å². The number of hydrogen-bond donors (Lipinski definition) is 0. The molecule has 2 heterocycles. The Morgan fingerprint density at radius 3 is 2.34 bits per heavy atom. The van der Waals surface area contributed by atoms with E-state index in [1.165, 1.54) is 14.0 Å². The number of thioether (sulfide) groups is 1. The quantitative estimate of drug-likeness (QED) is 0.307. The predicted octanol–water partition coefficient (Wildman–Crippen LogP) is 6.25. The molecule has 6 heteroatoms. The summed E-state index contributed by atoms with van der Waals surface area (Å²) >= 11 is 3.31. The maximum atomic E-state index is 12.9. The van der Waals surface area contributed by atoms with Crippen LogP contribution in [0.4, 0.5) is 10.5 Å². The first-order valence-electron chi connectivity index (χ1n) is 9.15. The zero-order chi connectivity index (χ0) is 20.7. The van der Waals surface area contributed by atoms with Crippen molar-refractivity contribution in [3.05, 3.63) is 85.6 Å². The molecule has 1 fully saturated rings. The Hall–Kier alpha value is -2.32. The first-order valence-corrected chi connectivity index (χ1v) is 11.0.